The lowest BCUT2D eigenvalue weighted by molar-refractivity contribution is 0.199. The third kappa shape index (κ3) is 3.75. The van der Waals surface area contributed by atoms with Crippen LogP contribution in [-0.2, 0) is 0 Å². The van der Waals surface area contributed by atoms with Crippen LogP contribution in [0.15, 0.2) is 18.2 Å². The van der Waals surface area contributed by atoms with Gasteiger partial charge in [-0.25, -0.2) is 4.39 Å². The molecule has 1 rings (SSSR count). The van der Waals surface area contributed by atoms with Gasteiger partial charge in [-0.2, -0.15) is 0 Å². The van der Waals surface area contributed by atoms with E-state index in [9.17, 15) is 4.39 Å². The molecule has 13 heavy (non-hydrogen) atoms. The highest BCUT2D eigenvalue weighted by atomic mass is 35.5. The number of halogens is 2. The Morgan fingerprint density at radius 3 is 2.31 bits per heavy atom. The van der Waals surface area contributed by atoms with Crippen LogP contribution in [0.25, 0.3) is 0 Å². The number of rotatable bonds is 1. The summed E-state index contributed by atoms with van der Waals surface area (Å²) in [5.74, 6) is -0.384. The number of benzene rings is 1. The Kier molecular flexibility index (Phi) is 5.67. The minimum absolute atomic E-state index is 0.384. The Hall–Kier alpha value is -0.600. The molecule has 1 unspecified atom stereocenters. The molecule has 0 saturated carbocycles. The quantitative estimate of drug-likeness (QED) is 0.742. The fourth-order valence-electron chi connectivity index (χ4n) is 0.835. The number of aliphatic hydroxyl groups excluding tert-OH is 1. The maximum Gasteiger partial charge on any atom is 0.123 e. The first kappa shape index (κ1) is 12.4. The van der Waals surface area contributed by atoms with Crippen molar-refractivity contribution in [1.82, 2.24) is 0 Å². The van der Waals surface area contributed by atoms with Crippen molar-refractivity contribution in [3.63, 3.8) is 0 Å². The van der Waals surface area contributed by atoms with Gasteiger partial charge in [0.15, 0.2) is 0 Å². The van der Waals surface area contributed by atoms with Crippen molar-refractivity contribution in [1.29, 1.82) is 0 Å². The zero-order valence-electron chi connectivity index (χ0n) is 8.01. The first-order valence-corrected chi connectivity index (χ1v) is 4.62. The summed E-state index contributed by atoms with van der Waals surface area (Å²) in [6.45, 7) is 5.54. The summed E-state index contributed by atoms with van der Waals surface area (Å²) in [5.41, 5.74) is 0.423. The highest BCUT2D eigenvalue weighted by Gasteiger charge is 2.06. The third-order valence-corrected chi connectivity index (χ3v) is 1.75. The van der Waals surface area contributed by atoms with Crippen molar-refractivity contribution in [2.75, 3.05) is 0 Å². The molecule has 0 spiro atoms. The van der Waals surface area contributed by atoms with Crippen LogP contribution in [0.3, 0.4) is 0 Å². The molecule has 74 valence electrons. The molecule has 0 aliphatic heterocycles. The summed E-state index contributed by atoms with van der Waals surface area (Å²) in [6, 6.07) is 3.92. The molecule has 0 radical (unpaired) electrons. The molecule has 0 fully saturated rings. The SMILES string of the molecule is CC.CC(O)c1cc(F)ccc1Cl. The predicted octanol–water partition coefficient (Wildman–Crippen LogP) is 3.56. The van der Waals surface area contributed by atoms with Gasteiger partial charge in [0, 0.05) is 10.6 Å². The molecule has 0 heterocycles. The summed E-state index contributed by atoms with van der Waals surface area (Å²) in [7, 11) is 0. The second-order valence-electron chi connectivity index (χ2n) is 2.34. The van der Waals surface area contributed by atoms with Gasteiger partial charge in [0.1, 0.15) is 5.82 Å². The van der Waals surface area contributed by atoms with Crippen LogP contribution in [0.4, 0.5) is 4.39 Å². The molecule has 1 atom stereocenters. The molecule has 3 heteroatoms. The van der Waals surface area contributed by atoms with Gasteiger partial charge in [-0.3, -0.25) is 0 Å². The molecule has 0 aliphatic rings. The lowest BCUT2D eigenvalue weighted by atomic mass is 10.1. The number of hydrogen-bond donors (Lipinski definition) is 1. The number of hydrogen-bond acceptors (Lipinski definition) is 1. The molecule has 0 aliphatic carbocycles. The van der Waals surface area contributed by atoms with Crippen LogP contribution < -0.4 is 0 Å². The van der Waals surface area contributed by atoms with E-state index in [0.717, 1.165) is 0 Å². The summed E-state index contributed by atoms with van der Waals surface area (Å²) in [5, 5.41) is 9.47. The Balaban J connectivity index is 0.000000671. The first-order valence-electron chi connectivity index (χ1n) is 4.24. The van der Waals surface area contributed by atoms with Crippen molar-refractivity contribution in [2.24, 2.45) is 0 Å². The normalized spacial score (nSPS) is 11.5. The molecule has 1 aromatic rings. The van der Waals surface area contributed by atoms with Crippen molar-refractivity contribution < 1.29 is 9.50 Å². The fraction of sp³-hybridized carbons (Fsp3) is 0.400. The van der Waals surface area contributed by atoms with Gasteiger partial charge in [-0.1, -0.05) is 25.4 Å². The smallest absolute Gasteiger partial charge is 0.123 e. The van der Waals surface area contributed by atoms with E-state index < -0.39 is 6.10 Å². The molecule has 0 bridgehead atoms. The minimum Gasteiger partial charge on any atom is -0.389 e. The lowest BCUT2D eigenvalue weighted by Crippen LogP contribution is -1.92. The van der Waals surface area contributed by atoms with Gasteiger partial charge in [-0.05, 0) is 25.1 Å². The van der Waals surface area contributed by atoms with Gasteiger partial charge in [0.05, 0.1) is 6.10 Å². The molecule has 1 N–H and O–H groups in total. The maximum atomic E-state index is 12.5. The average Bonchev–Trinajstić information content (AvgIpc) is 2.12. The molecule has 1 nitrogen and oxygen atoms in total. The predicted molar refractivity (Wildman–Crippen MR) is 53.4 cm³/mol. The standard InChI is InChI=1S/C8H8ClFO.C2H6/c1-5(11)7-4-6(10)2-3-8(7)9;1-2/h2-5,11H,1H3;1-2H3. The first-order chi connectivity index (χ1) is 6.11. The Morgan fingerprint density at radius 2 is 1.92 bits per heavy atom. The Bertz CT molecular complexity index is 261. The van der Waals surface area contributed by atoms with E-state index >= 15 is 0 Å². The molecule has 0 aromatic heterocycles. The molecule has 1 aromatic carbocycles. The summed E-state index contributed by atoms with van der Waals surface area (Å²) < 4.78 is 12.5. The van der Waals surface area contributed by atoms with E-state index in [-0.39, 0.29) is 5.82 Å². The van der Waals surface area contributed by atoms with E-state index in [0.29, 0.717) is 10.6 Å². The summed E-state index contributed by atoms with van der Waals surface area (Å²) in [4.78, 5) is 0. The maximum absolute atomic E-state index is 12.5. The van der Waals surface area contributed by atoms with Crippen LogP contribution in [0.1, 0.15) is 32.4 Å². The largest absolute Gasteiger partial charge is 0.389 e. The van der Waals surface area contributed by atoms with Crippen LogP contribution in [-0.4, -0.2) is 5.11 Å². The van der Waals surface area contributed by atoms with Gasteiger partial charge >= 0.3 is 0 Å². The monoisotopic (exact) mass is 204 g/mol. The van der Waals surface area contributed by atoms with Gasteiger partial charge in [0.25, 0.3) is 0 Å². The van der Waals surface area contributed by atoms with E-state index in [1.807, 2.05) is 13.8 Å². The fourth-order valence-corrected chi connectivity index (χ4v) is 1.11. The van der Waals surface area contributed by atoms with Gasteiger partial charge < -0.3 is 5.11 Å². The third-order valence-electron chi connectivity index (χ3n) is 1.41. The Morgan fingerprint density at radius 1 is 1.38 bits per heavy atom. The minimum atomic E-state index is -0.724. The van der Waals surface area contributed by atoms with Crippen molar-refractivity contribution >= 4 is 11.6 Å². The van der Waals surface area contributed by atoms with Crippen LogP contribution >= 0.6 is 11.6 Å². The second-order valence-corrected chi connectivity index (χ2v) is 2.75. The summed E-state index contributed by atoms with van der Waals surface area (Å²) in [6.07, 6.45) is -0.724. The zero-order chi connectivity index (χ0) is 10.4. The van der Waals surface area contributed by atoms with E-state index in [1.54, 1.807) is 6.92 Å². The van der Waals surface area contributed by atoms with Crippen LogP contribution in [0, 0.1) is 5.82 Å². The Labute approximate surface area is 83.2 Å². The van der Waals surface area contributed by atoms with Crippen molar-refractivity contribution in [3.05, 3.63) is 34.6 Å². The topological polar surface area (TPSA) is 20.2 Å². The van der Waals surface area contributed by atoms with E-state index in [1.165, 1.54) is 18.2 Å². The van der Waals surface area contributed by atoms with Gasteiger partial charge in [-0.15, -0.1) is 0 Å². The van der Waals surface area contributed by atoms with E-state index in [4.69, 9.17) is 16.7 Å². The van der Waals surface area contributed by atoms with Crippen molar-refractivity contribution in [2.45, 2.75) is 26.9 Å². The number of aliphatic hydroxyl groups is 1. The zero-order valence-corrected chi connectivity index (χ0v) is 8.77. The van der Waals surface area contributed by atoms with Crippen molar-refractivity contribution in [3.8, 4) is 0 Å². The average molecular weight is 205 g/mol. The lowest BCUT2D eigenvalue weighted by Gasteiger charge is -2.05. The highest BCUT2D eigenvalue weighted by Crippen LogP contribution is 2.22. The van der Waals surface area contributed by atoms with E-state index in [2.05, 4.69) is 0 Å². The molecule has 0 saturated heterocycles. The molecular weight excluding hydrogens is 191 g/mol. The van der Waals surface area contributed by atoms with Crippen LogP contribution in [0.5, 0.6) is 0 Å². The molecular formula is C10H14ClFO. The van der Waals surface area contributed by atoms with Gasteiger partial charge in [0.2, 0.25) is 0 Å². The second kappa shape index (κ2) is 5.95. The van der Waals surface area contributed by atoms with Crippen LogP contribution in [0.2, 0.25) is 5.02 Å². The highest BCUT2D eigenvalue weighted by molar-refractivity contribution is 6.31. The summed E-state index contributed by atoms with van der Waals surface area (Å²) >= 11 is 5.66. The molecule has 0 amide bonds.